The number of nitrogens with zero attached hydrogens (tertiary/aromatic N) is 3. The smallest absolute Gasteiger partial charge is 0.251 e. The minimum absolute atomic E-state index is 0.0597. The fourth-order valence-electron chi connectivity index (χ4n) is 3.68. The van der Waals surface area contributed by atoms with E-state index in [-0.39, 0.29) is 11.9 Å². The minimum atomic E-state index is -0.0597. The van der Waals surface area contributed by atoms with Crippen LogP contribution < -0.4 is 10.2 Å². The van der Waals surface area contributed by atoms with E-state index in [9.17, 15) is 4.79 Å². The van der Waals surface area contributed by atoms with E-state index in [0.717, 1.165) is 48.0 Å². The molecule has 1 amide bonds. The molecular weight excluding hydrogens is 340 g/mol. The molecule has 1 N–H and O–H groups in total. The van der Waals surface area contributed by atoms with E-state index in [1.807, 2.05) is 38.1 Å². The predicted octanol–water partition coefficient (Wildman–Crippen LogP) is 2.88. The number of hydrogen-bond donors (Lipinski definition) is 1. The van der Waals surface area contributed by atoms with Crippen LogP contribution in [0.2, 0.25) is 0 Å². The van der Waals surface area contributed by atoms with Crippen LogP contribution in [0, 0.1) is 13.8 Å². The molecular formula is C21H26N4O2. The quantitative estimate of drug-likeness (QED) is 0.901. The lowest BCUT2D eigenvalue weighted by Crippen LogP contribution is -2.34. The second-order valence-corrected chi connectivity index (χ2v) is 7.39. The Morgan fingerprint density at radius 3 is 2.78 bits per heavy atom. The molecule has 27 heavy (non-hydrogen) atoms. The molecule has 1 aromatic carbocycles. The van der Waals surface area contributed by atoms with Crippen LogP contribution in [0.3, 0.4) is 0 Å². The van der Waals surface area contributed by atoms with Gasteiger partial charge in [0.05, 0.1) is 18.3 Å². The Morgan fingerprint density at radius 1 is 1.22 bits per heavy atom. The zero-order valence-electron chi connectivity index (χ0n) is 16.0. The van der Waals surface area contributed by atoms with Crippen molar-refractivity contribution < 1.29 is 9.53 Å². The number of aromatic nitrogens is 2. The minimum Gasteiger partial charge on any atom is -0.379 e. The van der Waals surface area contributed by atoms with Crippen LogP contribution in [0.1, 0.15) is 40.9 Å². The third-order valence-electron chi connectivity index (χ3n) is 5.43. The first-order valence-electron chi connectivity index (χ1n) is 9.71. The van der Waals surface area contributed by atoms with E-state index < -0.39 is 0 Å². The number of aryl methyl sites for hydroxylation is 1. The zero-order chi connectivity index (χ0) is 18.8. The molecule has 0 aliphatic carbocycles. The molecule has 1 aromatic heterocycles. The molecule has 2 aliphatic heterocycles. The van der Waals surface area contributed by atoms with Crippen LogP contribution in [-0.4, -0.2) is 48.2 Å². The van der Waals surface area contributed by atoms with Crippen molar-refractivity contribution in [1.29, 1.82) is 0 Å². The average molecular weight is 366 g/mol. The van der Waals surface area contributed by atoms with Crippen molar-refractivity contribution in [3.8, 4) is 11.3 Å². The molecule has 3 heterocycles. The van der Waals surface area contributed by atoms with Crippen molar-refractivity contribution in [2.24, 2.45) is 0 Å². The number of nitrogens with one attached hydrogen (secondary N) is 1. The largest absolute Gasteiger partial charge is 0.379 e. The molecule has 0 bridgehead atoms. The van der Waals surface area contributed by atoms with Crippen molar-refractivity contribution in [2.45, 2.75) is 39.2 Å². The highest BCUT2D eigenvalue weighted by molar-refractivity contribution is 5.95. The number of hydrogen-bond acceptors (Lipinski definition) is 5. The number of carbonyl (C=O) groups is 1. The molecule has 142 valence electrons. The summed E-state index contributed by atoms with van der Waals surface area (Å²) < 4.78 is 5.34. The van der Waals surface area contributed by atoms with E-state index in [0.29, 0.717) is 18.8 Å². The van der Waals surface area contributed by atoms with Crippen LogP contribution in [0.4, 0.5) is 5.95 Å². The van der Waals surface area contributed by atoms with Gasteiger partial charge in [0, 0.05) is 36.5 Å². The Bertz CT molecular complexity index is 840. The summed E-state index contributed by atoms with van der Waals surface area (Å²) >= 11 is 0. The number of carbonyl (C=O) groups excluding carboxylic acids is 1. The maximum Gasteiger partial charge on any atom is 0.251 e. The Morgan fingerprint density at radius 2 is 2.04 bits per heavy atom. The SMILES string of the molecule is Cc1nc(N2CCCC2)nc(-c2cccc(C(=O)N[C@H]3CCOC3)c2)c1C. The molecule has 2 aliphatic rings. The van der Waals surface area contributed by atoms with Gasteiger partial charge in [-0.25, -0.2) is 9.97 Å². The first kappa shape index (κ1) is 17.9. The number of benzene rings is 1. The van der Waals surface area contributed by atoms with E-state index >= 15 is 0 Å². The molecule has 0 unspecified atom stereocenters. The van der Waals surface area contributed by atoms with Crippen molar-refractivity contribution in [1.82, 2.24) is 15.3 Å². The molecule has 6 nitrogen and oxygen atoms in total. The van der Waals surface area contributed by atoms with Crippen LogP contribution in [0.15, 0.2) is 24.3 Å². The second-order valence-electron chi connectivity index (χ2n) is 7.39. The summed E-state index contributed by atoms with van der Waals surface area (Å²) in [5.41, 5.74) is 4.55. The van der Waals surface area contributed by atoms with Crippen molar-refractivity contribution in [3.63, 3.8) is 0 Å². The first-order valence-corrected chi connectivity index (χ1v) is 9.71. The van der Waals surface area contributed by atoms with Gasteiger partial charge < -0.3 is 15.0 Å². The first-order chi connectivity index (χ1) is 13.1. The average Bonchev–Trinajstić information content (AvgIpc) is 3.38. The van der Waals surface area contributed by atoms with E-state index in [1.165, 1.54) is 12.8 Å². The Hall–Kier alpha value is -2.47. The number of anilines is 1. The van der Waals surface area contributed by atoms with E-state index in [2.05, 4.69) is 15.2 Å². The van der Waals surface area contributed by atoms with Gasteiger partial charge in [0.15, 0.2) is 0 Å². The van der Waals surface area contributed by atoms with Crippen LogP contribution in [0.25, 0.3) is 11.3 Å². The lowest BCUT2D eigenvalue weighted by Gasteiger charge is -2.18. The maximum absolute atomic E-state index is 12.6. The van der Waals surface area contributed by atoms with Gasteiger partial charge in [-0.2, -0.15) is 0 Å². The Balaban J connectivity index is 1.63. The molecule has 0 spiro atoms. The van der Waals surface area contributed by atoms with Gasteiger partial charge in [0.1, 0.15) is 0 Å². The van der Waals surface area contributed by atoms with Gasteiger partial charge in [-0.15, -0.1) is 0 Å². The van der Waals surface area contributed by atoms with Crippen LogP contribution in [0.5, 0.6) is 0 Å². The number of rotatable bonds is 4. The zero-order valence-corrected chi connectivity index (χ0v) is 16.0. The Labute approximate surface area is 160 Å². The fraction of sp³-hybridized carbons (Fsp3) is 0.476. The molecule has 2 aromatic rings. The van der Waals surface area contributed by atoms with E-state index in [1.54, 1.807) is 0 Å². The molecule has 6 heteroatoms. The van der Waals surface area contributed by atoms with Gasteiger partial charge >= 0.3 is 0 Å². The summed E-state index contributed by atoms with van der Waals surface area (Å²) in [6.45, 7) is 7.39. The summed E-state index contributed by atoms with van der Waals surface area (Å²) in [4.78, 5) is 24.4. The third-order valence-corrected chi connectivity index (χ3v) is 5.43. The van der Waals surface area contributed by atoms with Gasteiger partial charge in [0.2, 0.25) is 5.95 Å². The molecule has 2 fully saturated rings. The highest BCUT2D eigenvalue weighted by Gasteiger charge is 2.21. The van der Waals surface area contributed by atoms with Gasteiger partial charge in [-0.1, -0.05) is 12.1 Å². The van der Waals surface area contributed by atoms with Gasteiger partial charge in [0.25, 0.3) is 5.91 Å². The molecule has 0 radical (unpaired) electrons. The molecule has 2 saturated heterocycles. The van der Waals surface area contributed by atoms with Crippen molar-refractivity contribution >= 4 is 11.9 Å². The number of amides is 1. The van der Waals surface area contributed by atoms with E-state index in [4.69, 9.17) is 9.72 Å². The maximum atomic E-state index is 12.6. The highest BCUT2D eigenvalue weighted by atomic mass is 16.5. The summed E-state index contributed by atoms with van der Waals surface area (Å²) in [5.74, 6) is 0.735. The van der Waals surface area contributed by atoms with Crippen LogP contribution >= 0.6 is 0 Å². The summed E-state index contributed by atoms with van der Waals surface area (Å²) in [6, 6.07) is 7.80. The fourth-order valence-corrected chi connectivity index (χ4v) is 3.68. The standard InChI is InChI=1S/C21H26N4O2/c1-14-15(2)22-21(25-9-3-4-10-25)24-19(14)16-6-5-7-17(12-16)20(26)23-18-8-11-27-13-18/h5-7,12,18H,3-4,8-11,13H2,1-2H3,(H,23,26)/t18-/m0/s1. The topological polar surface area (TPSA) is 67.4 Å². The lowest BCUT2D eigenvalue weighted by atomic mass is 10.0. The Kier molecular flexibility index (Phi) is 5.07. The molecule has 4 rings (SSSR count). The number of ether oxygens (including phenoxy) is 1. The van der Waals surface area contributed by atoms with Crippen LogP contribution in [-0.2, 0) is 4.74 Å². The summed E-state index contributed by atoms with van der Waals surface area (Å²) in [6.07, 6.45) is 3.24. The summed E-state index contributed by atoms with van der Waals surface area (Å²) in [7, 11) is 0. The highest BCUT2D eigenvalue weighted by Crippen LogP contribution is 2.27. The second kappa shape index (κ2) is 7.64. The normalized spacial score (nSPS) is 19.5. The molecule has 1 atom stereocenters. The summed E-state index contributed by atoms with van der Waals surface area (Å²) in [5, 5.41) is 3.05. The van der Waals surface area contributed by atoms with Gasteiger partial charge in [-0.3, -0.25) is 4.79 Å². The monoisotopic (exact) mass is 366 g/mol. The van der Waals surface area contributed by atoms with Crippen molar-refractivity contribution in [3.05, 3.63) is 41.1 Å². The lowest BCUT2D eigenvalue weighted by molar-refractivity contribution is 0.0930. The predicted molar refractivity (Wildman–Crippen MR) is 105 cm³/mol. The van der Waals surface area contributed by atoms with Crippen molar-refractivity contribution in [2.75, 3.05) is 31.2 Å². The third kappa shape index (κ3) is 3.81. The molecule has 0 saturated carbocycles. The van der Waals surface area contributed by atoms with Gasteiger partial charge in [-0.05, 0) is 50.8 Å².